The third-order valence-corrected chi connectivity index (χ3v) is 3.57. The number of halogens is 3. The lowest BCUT2D eigenvalue weighted by Crippen LogP contribution is -2.28. The summed E-state index contributed by atoms with van der Waals surface area (Å²) in [5.41, 5.74) is 0.510. The zero-order valence-electron chi connectivity index (χ0n) is 14.6. The van der Waals surface area contributed by atoms with E-state index in [-0.39, 0.29) is 5.91 Å². The van der Waals surface area contributed by atoms with Gasteiger partial charge >= 0.3 is 6.18 Å². The van der Waals surface area contributed by atoms with Crippen LogP contribution in [-0.4, -0.2) is 24.0 Å². The normalized spacial score (nSPS) is 11.5. The maximum Gasteiger partial charge on any atom is 0.416 e. The van der Waals surface area contributed by atoms with Crippen LogP contribution in [0.3, 0.4) is 0 Å². The summed E-state index contributed by atoms with van der Waals surface area (Å²) in [7, 11) is 0. The first-order valence-corrected chi connectivity index (χ1v) is 8.29. The number of benzene rings is 1. The molecule has 0 aliphatic rings. The van der Waals surface area contributed by atoms with Crippen molar-refractivity contribution < 1.29 is 22.7 Å². The Morgan fingerprint density at radius 1 is 1.15 bits per heavy atom. The zero-order valence-corrected chi connectivity index (χ0v) is 14.6. The number of hydrogen-bond donors (Lipinski definition) is 1. The molecule has 1 amide bonds. The molecular formula is C19H21F3N2O2. The van der Waals surface area contributed by atoms with E-state index in [0.29, 0.717) is 36.9 Å². The molecular weight excluding hydrogens is 345 g/mol. The second kappa shape index (κ2) is 8.69. The number of nitrogens with zero attached hydrogens (tertiary/aromatic N) is 1. The van der Waals surface area contributed by atoms with Gasteiger partial charge in [-0.2, -0.15) is 13.2 Å². The Morgan fingerprint density at radius 3 is 2.38 bits per heavy atom. The van der Waals surface area contributed by atoms with E-state index in [4.69, 9.17) is 4.74 Å². The van der Waals surface area contributed by atoms with Crippen LogP contribution in [0.1, 0.15) is 35.5 Å². The Kier molecular flexibility index (Phi) is 6.60. The van der Waals surface area contributed by atoms with Crippen molar-refractivity contribution in [2.24, 2.45) is 5.92 Å². The Morgan fingerprint density at radius 2 is 1.85 bits per heavy atom. The predicted octanol–water partition coefficient (Wildman–Crippen LogP) is 4.11. The third kappa shape index (κ3) is 6.06. The fourth-order valence-corrected chi connectivity index (χ4v) is 2.12. The second-order valence-electron chi connectivity index (χ2n) is 6.28. The second-order valence-corrected chi connectivity index (χ2v) is 6.28. The van der Waals surface area contributed by atoms with Gasteiger partial charge in [-0.05, 0) is 41.8 Å². The van der Waals surface area contributed by atoms with Crippen LogP contribution in [0.25, 0.3) is 0 Å². The van der Waals surface area contributed by atoms with Gasteiger partial charge in [0.15, 0.2) is 0 Å². The van der Waals surface area contributed by atoms with Crippen molar-refractivity contribution in [3.8, 4) is 5.75 Å². The van der Waals surface area contributed by atoms with Crippen LogP contribution >= 0.6 is 0 Å². The maximum absolute atomic E-state index is 12.5. The number of aromatic nitrogens is 1. The predicted molar refractivity (Wildman–Crippen MR) is 92.1 cm³/mol. The Hall–Kier alpha value is -2.57. The molecule has 2 rings (SSSR count). The molecule has 0 aliphatic carbocycles. The van der Waals surface area contributed by atoms with E-state index in [1.807, 2.05) is 13.8 Å². The molecule has 0 unspecified atom stereocenters. The molecule has 0 bridgehead atoms. The number of rotatable bonds is 7. The van der Waals surface area contributed by atoms with Crippen molar-refractivity contribution in [1.82, 2.24) is 10.3 Å². The van der Waals surface area contributed by atoms with Gasteiger partial charge in [-0.15, -0.1) is 0 Å². The van der Waals surface area contributed by atoms with Gasteiger partial charge in [0.05, 0.1) is 12.2 Å². The van der Waals surface area contributed by atoms with E-state index in [9.17, 15) is 18.0 Å². The van der Waals surface area contributed by atoms with Crippen molar-refractivity contribution in [2.45, 2.75) is 26.4 Å². The highest BCUT2D eigenvalue weighted by Gasteiger charge is 2.29. The van der Waals surface area contributed by atoms with Crippen molar-refractivity contribution in [1.29, 1.82) is 0 Å². The van der Waals surface area contributed by atoms with Crippen LogP contribution in [0, 0.1) is 5.92 Å². The van der Waals surface area contributed by atoms with Gasteiger partial charge in [0, 0.05) is 19.2 Å². The van der Waals surface area contributed by atoms with Crippen molar-refractivity contribution in [2.75, 3.05) is 13.2 Å². The largest absolute Gasteiger partial charge is 0.493 e. The molecule has 0 radical (unpaired) electrons. The fraction of sp³-hybridized carbons (Fsp3) is 0.368. The SMILES string of the molecule is CC(C)CNC(=O)c1ccc(CCOc2ccc(C(F)(F)F)cc2)cn1. The van der Waals surface area contributed by atoms with Crippen LogP contribution < -0.4 is 10.1 Å². The number of carbonyl (C=O) groups excluding carboxylic acids is 1. The fourth-order valence-electron chi connectivity index (χ4n) is 2.12. The molecule has 0 saturated heterocycles. The minimum atomic E-state index is -4.35. The minimum absolute atomic E-state index is 0.216. The average molecular weight is 366 g/mol. The molecule has 1 N–H and O–H groups in total. The Balaban J connectivity index is 1.82. The van der Waals surface area contributed by atoms with E-state index >= 15 is 0 Å². The van der Waals surface area contributed by atoms with Crippen LogP contribution in [0.2, 0.25) is 0 Å². The monoisotopic (exact) mass is 366 g/mol. The molecule has 1 aromatic heterocycles. The molecule has 7 heteroatoms. The molecule has 140 valence electrons. The van der Waals surface area contributed by atoms with E-state index in [1.165, 1.54) is 12.1 Å². The highest BCUT2D eigenvalue weighted by atomic mass is 19.4. The number of ether oxygens (including phenoxy) is 1. The molecule has 1 aromatic carbocycles. The summed E-state index contributed by atoms with van der Waals surface area (Å²) < 4.78 is 42.9. The van der Waals surface area contributed by atoms with E-state index in [2.05, 4.69) is 10.3 Å². The van der Waals surface area contributed by atoms with Gasteiger partial charge < -0.3 is 10.1 Å². The number of alkyl halides is 3. The van der Waals surface area contributed by atoms with E-state index < -0.39 is 11.7 Å². The standard InChI is InChI=1S/C19H21F3N2O2/c1-13(2)11-24-18(25)17-8-3-14(12-23-17)9-10-26-16-6-4-15(5-7-16)19(20,21)22/h3-8,12-13H,9-11H2,1-2H3,(H,24,25). The summed E-state index contributed by atoms with van der Waals surface area (Å²) in [4.78, 5) is 16.0. The summed E-state index contributed by atoms with van der Waals surface area (Å²) in [6.07, 6.45) is -2.23. The molecule has 0 saturated carbocycles. The minimum Gasteiger partial charge on any atom is -0.493 e. The highest BCUT2D eigenvalue weighted by Crippen LogP contribution is 2.30. The van der Waals surface area contributed by atoms with Crippen LogP contribution in [0.4, 0.5) is 13.2 Å². The molecule has 4 nitrogen and oxygen atoms in total. The number of nitrogens with one attached hydrogen (secondary N) is 1. The van der Waals surface area contributed by atoms with Gasteiger partial charge in [0.2, 0.25) is 0 Å². The highest BCUT2D eigenvalue weighted by molar-refractivity contribution is 5.92. The summed E-state index contributed by atoms with van der Waals surface area (Å²) >= 11 is 0. The number of amides is 1. The lowest BCUT2D eigenvalue weighted by Gasteiger charge is -2.10. The van der Waals surface area contributed by atoms with Crippen molar-refractivity contribution in [3.63, 3.8) is 0 Å². The number of hydrogen-bond acceptors (Lipinski definition) is 3. The molecule has 0 aliphatic heterocycles. The molecule has 2 aromatic rings. The first-order valence-electron chi connectivity index (χ1n) is 8.29. The Labute approximate surface area is 150 Å². The lowest BCUT2D eigenvalue weighted by atomic mass is 10.2. The van der Waals surface area contributed by atoms with Gasteiger partial charge in [0.25, 0.3) is 5.91 Å². The van der Waals surface area contributed by atoms with Crippen molar-refractivity contribution in [3.05, 3.63) is 59.4 Å². The van der Waals surface area contributed by atoms with Gasteiger partial charge in [-0.3, -0.25) is 9.78 Å². The van der Waals surface area contributed by atoms with E-state index in [0.717, 1.165) is 17.7 Å². The van der Waals surface area contributed by atoms with Crippen LogP contribution in [-0.2, 0) is 12.6 Å². The van der Waals surface area contributed by atoms with Gasteiger partial charge in [0.1, 0.15) is 11.4 Å². The van der Waals surface area contributed by atoms with Crippen LogP contribution in [0.15, 0.2) is 42.6 Å². The molecule has 0 spiro atoms. The first-order chi connectivity index (χ1) is 12.3. The smallest absolute Gasteiger partial charge is 0.416 e. The molecule has 0 fully saturated rings. The topological polar surface area (TPSA) is 51.2 Å². The number of pyridine rings is 1. The average Bonchev–Trinajstić information content (AvgIpc) is 2.60. The molecule has 1 heterocycles. The Bertz CT molecular complexity index is 711. The van der Waals surface area contributed by atoms with Crippen molar-refractivity contribution >= 4 is 5.91 Å². The van der Waals surface area contributed by atoms with Gasteiger partial charge in [-0.1, -0.05) is 19.9 Å². The zero-order chi connectivity index (χ0) is 19.2. The summed E-state index contributed by atoms with van der Waals surface area (Å²) in [6, 6.07) is 7.99. The van der Waals surface area contributed by atoms with E-state index in [1.54, 1.807) is 18.3 Å². The number of carbonyl (C=O) groups is 1. The first kappa shape index (κ1) is 19.8. The summed E-state index contributed by atoms with van der Waals surface area (Å²) in [5, 5.41) is 2.79. The molecule has 0 atom stereocenters. The summed E-state index contributed by atoms with van der Waals surface area (Å²) in [5.74, 6) is 0.516. The summed E-state index contributed by atoms with van der Waals surface area (Å²) in [6.45, 7) is 4.90. The third-order valence-electron chi connectivity index (χ3n) is 3.57. The molecule has 26 heavy (non-hydrogen) atoms. The van der Waals surface area contributed by atoms with Crippen LogP contribution in [0.5, 0.6) is 5.75 Å². The lowest BCUT2D eigenvalue weighted by molar-refractivity contribution is -0.137. The maximum atomic E-state index is 12.5. The quantitative estimate of drug-likeness (QED) is 0.802. The van der Waals surface area contributed by atoms with Gasteiger partial charge in [-0.25, -0.2) is 0 Å².